The van der Waals surface area contributed by atoms with E-state index < -0.39 is 9.84 Å². The largest absolute Gasteiger partial charge is 0.378 e. The number of sulfone groups is 1. The minimum absolute atomic E-state index is 0.186. The maximum atomic E-state index is 12.8. The number of anilines is 1. The highest BCUT2D eigenvalue weighted by Gasteiger charge is 2.20. The molecule has 0 N–H and O–H groups in total. The summed E-state index contributed by atoms with van der Waals surface area (Å²) in [6.07, 6.45) is 3.33. The lowest BCUT2D eigenvalue weighted by Crippen LogP contribution is -2.37. The zero-order valence-electron chi connectivity index (χ0n) is 15.2. The maximum absolute atomic E-state index is 12.8. The Morgan fingerprint density at radius 3 is 2.39 bits per heavy atom. The van der Waals surface area contributed by atoms with Crippen molar-refractivity contribution in [1.29, 1.82) is 0 Å². The number of pyridine rings is 1. The van der Waals surface area contributed by atoms with Gasteiger partial charge in [0, 0.05) is 37.1 Å². The molecule has 0 saturated carbocycles. The van der Waals surface area contributed by atoms with Gasteiger partial charge >= 0.3 is 0 Å². The third-order valence-corrected chi connectivity index (χ3v) is 6.15. The van der Waals surface area contributed by atoms with Gasteiger partial charge in [0.1, 0.15) is 5.82 Å². The van der Waals surface area contributed by atoms with E-state index in [1.165, 1.54) is 0 Å². The van der Waals surface area contributed by atoms with Crippen LogP contribution in [-0.2, 0) is 20.3 Å². The van der Waals surface area contributed by atoms with E-state index in [1.807, 2.05) is 12.1 Å². The van der Waals surface area contributed by atoms with Gasteiger partial charge in [-0.3, -0.25) is 4.98 Å². The van der Waals surface area contributed by atoms with Crippen molar-refractivity contribution in [1.82, 2.24) is 15.0 Å². The molecule has 1 fully saturated rings. The first kappa shape index (κ1) is 18.5. The summed E-state index contributed by atoms with van der Waals surface area (Å²) in [5.74, 6) is 1.02. The molecule has 3 heterocycles. The average molecular weight is 396 g/mol. The Balaban J connectivity index is 1.73. The minimum Gasteiger partial charge on any atom is -0.378 e. The summed E-state index contributed by atoms with van der Waals surface area (Å²) in [6, 6.07) is 13.8. The van der Waals surface area contributed by atoms with Crippen molar-refractivity contribution in [2.24, 2.45) is 0 Å². The van der Waals surface area contributed by atoms with E-state index in [2.05, 4.69) is 19.9 Å². The van der Waals surface area contributed by atoms with Crippen LogP contribution in [0.3, 0.4) is 0 Å². The number of aromatic nitrogens is 3. The van der Waals surface area contributed by atoms with Gasteiger partial charge in [0.2, 0.25) is 0 Å². The maximum Gasteiger partial charge on any atom is 0.184 e. The van der Waals surface area contributed by atoms with Crippen molar-refractivity contribution < 1.29 is 13.2 Å². The van der Waals surface area contributed by atoms with E-state index in [4.69, 9.17) is 4.74 Å². The zero-order valence-corrected chi connectivity index (χ0v) is 16.0. The lowest BCUT2D eigenvalue weighted by atomic mass is 10.2. The molecule has 144 valence electrons. The molecular formula is C20H20N4O3S. The lowest BCUT2D eigenvalue weighted by molar-refractivity contribution is 0.122. The van der Waals surface area contributed by atoms with Crippen LogP contribution in [0.5, 0.6) is 0 Å². The monoisotopic (exact) mass is 396 g/mol. The molecule has 0 radical (unpaired) electrons. The fraction of sp³-hybridized carbons (Fsp3) is 0.250. The van der Waals surface area contributed by atoms with E-state index in [9.17, 15) is 8.42 Å². The van der Waals surface area contributed by atoms with Gasteiger partial charge in [0.15, 0.2) is 15.7 Å². The van der Waals surface area contributed by atoms with Crippen molar-refractivity contribution in [3.8, 4) is 11.4 Å². The van der Waals surface area contributed by atoms with Gasteiger partial charge < -0.3 is 9.64 Å². The predicted octanol–water partition coefficient (Wildman–Crippen LogP) is 2.35. The molecular weight excluding hydrogens is 376 g/mol. The van der Waals surface area contributed by atoms with Crippen molar-refractivity contribution in [2.75, 3.05) is 31.2 Å². The lowest BCUT2D eigenvalue weighted by Gasteiger charge is -2.28. The van der Waals surface area contributed by atoms with E-state index >= 15 is 0 Å². The molecule has 7 nitrogen and oxygen atoms in total. The number of hydrogen-bond acceptors (Lipinski definition) is 7. The van der Waals surface area contributed by atoms with Gasteiger partial charge in [-0.2, -0.15) is 0 Å². The molecule has 28 heavy (non-hydrogen) atoms. The summed E-state index contributed by atoms with van der Waals surface area (Å²) in [7, 11) is -3.51. The van der Waals surface area contributed by atoms with Crippen molar-refractivity contribution in [3.05, 3.63) is 66.6 Å². The Morgan fingerprint density at radius 2 is 1.68 bits per heavy atom. The molecule has 0 unspecified atom stereocenters. The Hall–Kier alpha value is -2.84. The Kier molecular flexibility index (Phi) is 5.31. The highest BCUT2D eigenvalue weighted by atomic mass is 32.2. The average Bonchev–Trinajstić information content (AvgIpc) is 2.75. The van der Waals surface area contributed by atoms with Crippen molar-refractivity contribution in [3.63, 3.8) is 0 Å². The Bertz CT molecular complexity index is 1040. The quantitative estimate of drug-likeness (QED) is 0.654. The molecule has 0 aliphatic carbocycles. The Morgan fingerprint density at radius 1 is 0.964 bits per heavy atom. The highest BCUT2D eigenvalue weighted by Crippen LogP contribution is 2.23. The Labute approximate surface area is 164 Å². The summed E-state index contributed by atoms with van der Waals surface area (Å²) in [5, 5.41) is 0. The minimum atomic E-state index is -3.51. The topological polar surface area (TPSA) is 85.3 Å². The number of hydrogen-bond donors (Lipinski definition) is 0. The predicted molar refractivity (Wildman–Crippen MR) is 106 cm³/mol. The van der Waals surface area contributed by atoms with E-state index in [0.717, 1.165) is 5.56 Å². The second-order valence-electron chi connectivity index (χ2n) is 6.45. The second-order valence-corrected chi connectivity index (χ2v) is 8.44. The molecule has 0 atom stereocenters. The number of ether oxygens (including phenoxy) is 1. The molecule has 4 rings (SSSR count). The summed E-state index contributed by atoms with van der Waals surface area (Å²) in [6.45, 7) is 2.65. The van der Waals surface area contributed by atoms with Crippen molar-refractivity contribution >= 4 is 15.7 Å². The van der Waals surface area contributed by atoms with Crippen LogP contribution in [-0.4, -0.2) is 49.7 Å². The summed E-state index contributed by atoms with van der Waals surface area (Å²) in [4.78, 5) is 15.6. The number of rotatable bonds is 5. The van der Waals surface area contributed by atoms with Crippen LogP contribution in [0.1, 0.15) is 5.69 Å². The zero-order chi connectivity index (χ0) is 19.4. The van der Waals surface area contributed by atoms with Crippen LogP contribution in [0, 0.1) is 0 Å². The normalized spacial score (nSPS) is 14.8. The third kappa shape index (κ3) is 4.18. The number of nitrogens with zero attached hydrogens (tertiary/aromatic N) is 4. The number of benzene rings is 1. The van der Waals surface area contributed by atoms with Gasteiger partial charge in [0.25, 0.3) is 0 Å². The van der Waals surface area contributed by atoms with Gasteiger partial charge in [0.05, 0.1) is 29.6 Å². The molecule has 0 spiro atoms. The molecule has 8 heteroatoms. The SMILES string of the molecule is O=S(=O)(Cc1cc(N2CCOCC2)nc(-c2ccncc2)n1)c1ccccc1. The fourth-order valence-corrected chi connectivity index (χ4v) is 4.32. The first-order chi connectivity index (χ1) is 13.6. The first-order valence-corrected chi connectivity index (χ1v) is 10.7. The fourth-order valence-electron chi connectivity index (χ4n) is 3.05. The molecule has 1 saturated heterocycles. The van der Waals surface area contributed by atoms with Crippen LogP contribution in [0.4, 0.5) is 5.82 Å². The van der Waals surface area contributed by atoms with Crippen LogP contribution in [0.25, 0.3) is 11.4 Å². The molecule has 2 aromatic heterocycles. The third-order valence-electron chi connectivity index (χ3n) is 4.48. The van der Waals surface area contributed by atoms with E-state index in [0.29, 0.717) is 43.6 Å². The van der Waals surface area contributed by atoms with Crippen LogP contribution in [0.15, 0.2) is 65.8 Å². The first-order valence-electron chi connectivity index (χ1n) is 9.01. The second kappa shape index (κ2) is 8.04. The highest BCUT2D eigenvalue weighted by molar-refractivity contribution is 7.90. The van der Waals surface area contributed by atoms with Gasteiger partial charge in [-0.15, -0.1) is 0 Å². The number of morpholine rings is 1. The molecule has 1 aliphatic heterocycles. The molecule has 1 aliphatic rings. The smallest absolute Gasteiger partial charge is 0.184 e. The molecule has 1 aromatic carbocycles. The summed E-state index contributed by atoms with van der Waals surface area (Å²) < 4.78 is 31.1. The van der Waals surface area contributed by atoms with Gasteiger partial charge in [-0.1, -0.05) is 18.2 Å². The summed E-state index contributed by atoms with van der Waals surface area (Å²) >= 11 is 0. The molecule has 3 aromatic rings. The van der Waals surface area contributed by atoms with Crippen LogP contribution in [0.2, 0.25) is 0 Å². The van der Waals surface area contributed by atoms with Crippen LogP contribution >= 0.6 is 0 Å². The molecule has 0 bridgehead atoms. The standard InChI is InChI=1S/C20H20N4O3S/c25-28(26,18-4-2-1-3-5-18)15-17-14-19(24-10-12-27-13-11-24)23-20(22-17)16-6-8-21-9-7-16/h1-9,14H,10-13,15H2. The van der Waals surface area contributed by atoms with Crippen molar-refractivity contribution in [2.45, 2.75) is 10.6 Å². The van der Waals surface area contributed by atoms with Crippen LogP contribution < -0.4 is 4.90 Å². The van der Waals surface area contributed by atoms with E-state index in [1.54, 1.807) is 48.8 Å². The molecule has 0 amide bonds. The van der Waals surface area contributed by atoms with Gasteiger partial charge in [-0.25, -0.2) is 18.4 Å². The summed E-state index contributed by atoms with van der Waals surface area (Å²) in [5.41, 5.74) is 1.26. The van der Waals surface area contributed by atoms with Gasteiger partial charge in [-0.05, 0) is 24.3 Å². The van der Waals surface area contributed by atoms with E-state index in [-0.39, 0.29) is 10.6 Å².